The van der Waals surface area contributed by atoms with Gasteiger partial charge in [0, 0.05) is 24.2 Å². The summed E-state index contributed by atoms with van der Waals surface area (Å²) in [5, 5.41) is 5.85. The number of hydrogen-bond donors (Lipinski definition) is 1. The van der Waals surface area contributed by atoms with Gasteiger partial charge in [0.1, 0.15) is 0 Å². The van der Waals surface area contributed by atoms with Gasteiger partial charge in [0.05, 0.1) is 11.3 Å². The third-order valence-corrected chi connectivity index (χ3v) is 5.17. The van der Waals surface area contributed by atoms with E-state index in [0.717, 1.165) is 42.1 Å². The van der Waals surface area contributed by atoms with Gasteiger partial charge in [0.15, 0.2) is 5.13 Å². The van der Waals surface area contributed by atoms with Gasteiger partial charge in [-0.15, -0.1) is 11.3 Å². The molecule has 3 rings (SSSR count). The summed E-state index contributed by atoms with van der Waals surface area (Å²) in [5.41, 5.74) is 4.21. The van der Waals surface area contributed by atoms with Gasteiger partial charge < -0.3 is 9.88 Å². The molecule has 21 heavy (non-hydrogen) atoms. The van der Waals surface area contributed by atoms with Crippen LogP contribution in [0.15, 0.2) is 16.2 Å². The first kappa shape index (κ1) is 14.3. The molecule has 0 aliphatic heterocycles. The van der Waals surface area contributed by atoms with Crippen LogP contribution in [-0.2, 0) is 12.8 Å². The molecule has 0 saturated carbocycles. The molecule has 1 unspecified atom stereocenters. The van der Waals surface area contributed by atoms with Gasteiger partial charge in [-0.2, -0.15) is 0 Å². The number of nitrogens with zero attached hydrogens (tertiary/aromatic N) is 2. The molecule has 0 aromatic carbocycles. The average molecular weight is 303 g/mol. The summed E-state index contributed by atoms with van der Waals surface area (Å²) < 4.78 is 2.01. The molecule has 2 heterocycles. The highest BCUT2D eigenvalue weighted by molar-refractivity contribution is 7.14. The molecule has 112 valence electrons. The lowest BCUT2D eigenvalue weighted by Crippen LogP contribution is -2.27. The summed E-state index contributed by atoms with van der Waals surface area (Å²) in [6, 6.07) is 2.31. The Morgan fingerprint density at radius 2 is 2.29 bits per heavy atom. The maximum Gasteiger partial charge on any atom is 0.260 e. The zero-order valence-electron chi connectivity index (χ0n) is 12.8. The average Bonchev–Trinajstić information content (AvgIpc) is 3.14. The molecule has 1 aliphatic carbocycles. The number of aryl methyl sites for hydroxylation is 1. The second-order valence-electron chi connectivity index (χ2n) is 5.60. The normalized spacial score (nSPS) is 15.0. The molecular weight excluding hydrogens is 282 g/mol. The Morgan fingerprint density at radius 1 is 1.48 bits per heavy atom. The molecular formula is C16H21N3OS. The number of pyridine rings is 1. The number of thiazole rings is 1. The van der Waals surface area contributed by atoms with Crippen LogP contribution >= 0.6 is 11.3 Å². The molecule has 0 amide bonds. The van der Waals surface area contributed by atoms with Gasteiger partial charge in [-0.3, -0.25) is 4.79 Å². The highest BCUT2D eigenvalue weighted by atomic mass is 32.1. The van der Waals surface area contributed by atoms with Gasteiger partial charge >= 0.3 is 0 Å². The van der Waals surface area contributed by atoms with Crippen molar-refractivity contribution in [3.05, 3.63) is 33.1 Å². The minimum absolute atomic E-state index is 0.109. The molecule has 0 spiro atoms. The van der Waals surface area contributed by atoms with Crippen LogP contribution in [0.3, 0.4) is 0 Å². The van der Waals surface area contributed by atoms with E-state index in [0.29, 0.717) is 0 Å². The first-order valence-electron chi connectivity index (χ1n) is 7.56. The maximum absolute atomic E-state index is 12.9. The lowest BCUT2D eigenvalue weighted by Gasteiger charge is -2.19. The highest BCUT2D eigenvalue weighted by Gasteiger charge is 2.22. The van der Waals surface area contributed by atoms with Crippen LogP contribution in [0.5, 0.6) is 0 Å². The van der Waals surface area contributed by atoms with E-state index in [1.165, 1.54) is 22.6 Å². The minimum atomic E-state index is 0.109. The molecule has 0 bridgehead atoms. The molecule has 1 aliphatic rings. The monoisotopic (exact) mass is 303 g/mol. The predicted molar refractivity (Wildman–Crippen MR) is 88.4 cm³/mol. The zero-order chi connectivity index (χ0) is 15.0. The smallest absolute Gasteiger partial charge is 0.260 e. The Bertz CT molecular complexity index is 717. The Hall–Kier alpha value is -1.62. The Balaban J connectivity index is 2.20. The van der Waals surface area contributed by atoms with E-state index in [9.17, 15) is 4.79 Å². The fourth-order valence-electron chi connectivity index (χ4n) is 3.01. The van der Waals surface area contributed by atoms with Crippen molar-refractivity contribution in [2.75, 3.05) is 12.4 Å². The van der Waals surface area contributed by atoms with Crippen LogP contribution in [0.4, 0.5) is 5.13 Å². The van der Waals surface area contributed by atoms with Crippen molar-refractivity contribution >= 4 is 16.5 Å². The summed E-state index contributed by atoms with van der Waals surface area (Å²) in [6.45, 7) is 4.26. The van der Waals surface area contributed by atoms with Gasteiger partial charge in [0.2, 0.25) is 0 Å². The van der Waals surface area contributed by atoms with E-state index in [1.807, 2.05) is 17.0 Å². The van der Waals surface area contributed by atoms with E-state index < -0.39 is 0 Å². The van der Waals surface area contributed by atoms with E-state index in [1.54, 1.807) is 0 Å². The molecule has 4 nitrogen and oxygen atoms in total. The first-order valence-corrected chi connectivity index (χ1v) is 8.44. The van der Waals surface area contributed by atoms with Crippen LogP contribution in [0.2, 0.25) is 0 Å². The topological polar surface area (TPSA) is 46.9 Å². The number of anilines is 1. The number of nitrogens with one attached hydrogen (secondary N) is 1. The molecule has 5 heteroatoms. The maximum atomic E-state index is 12.9. The molecule has 0 radical (unpaired) electrons. The van der Waals surface area contributed by atoms with Gasteiger partial charge in [-0.1, -0.05) is 6.92 Å². The second-order valence-corrected chi connectivity index (χ2v) is 6.46. The third kappa shape index (κ3) is 2.39. The summed E-state index contributed by atoms with van der Waals surface area (Å²) in [6.07, 6.45) is 4.21. The number of hydrogen-bond acceptors (Lipinski definition) is 4. The zero-order valence-corrected chi connectivity index (χ0v) is 13.6. The van der Waals surface area contributed by atoms with E-state index in [-0.39, 0.29) is 11.6 Å². The quantitative estimate of drug-likeness (QED) is 0.940. The van der Waals surface area contributed by atoms with E-state index in [2.05, 4.69) is 30.2 Å². The summed E-state index contributed by atoms with van der Waals surface area (Å²) >= 11 is 1.54. The largest absolute Gasteiger partial charge is 0.365 e. The van der Waals surface area contributed by atoms with Crippen molar-refractivity contribution < 1.29 is 0 Å². The number of aromatic nitrogens is 2. The fraction of sp³-hybridized carbons (Fsp3) is 0.500. The molecule has 2 aromatic rings. The summed E-state index contributed by atoms with van der Waals surface area (Å²) in [4.78, 5) is 17.4. The number of fused-ring (bicyclic) bond motifs is 1. The molecule has 1 atom stereocenters. The first-order chi connectivity index (χ1) is 10.2. The summed E-state index contributed by atoms with van der Waals surface area (Å²) in [5.74, 6) is 0. The van der Waals surface area contributed by atoms with Crippen molar-refractivity contribution in [2.24, 2.45) is 0 Å². The van der Waals surface area contributed by atoms with Crippen LogP contribution in [0.1, 0.15) is 44.0 Å². The lowest BCUT2D eigenvalue weighted by molar-refractivity contribution is 0.497. The highest BCUT2D eigenvalue weighted by Crippen LogP contribution is 2.29. The lowest BCUT2D eigenvalue weighted by atomic mass is 10.1. The van der Waals surface area contributed by atoms with Crippen molar-refractivity contribution in [3.8, 4) is 11.3 Å². The summed E-state index contributed by atoms with van der Waals surface area (Å²) in [7, 11) is 1.85. The van der Waals surface area contributed by atoms with Crippen LogP contribution in [0.25, 0.3) is 11.3 Å². The van der Waals surface area contributed by atoms with Gasteiger partial charge in [0.25, 0.3) is 5.56 Å². The van der Waals surface area contributed by atoms with Crippen molar-refractivity contribution in [1.82, 2.24) is 9.55 Å². The molecule has 0 fully saturated rings. The predicted octanol–water partition coefficient (Wildman–Crippen LogP) is 3.47. The van der Waals surface area contributed by atoms with E-state index >= 15 is 0 Å². The van der Waals surface area contributed by atoms with Crippen LogP contribution in [-0.4, -0.2) is 16.6 Å². The molecule has 2 aromatic heterocycles. The van der Waals surface area contributed by atoms with Crippen molar-refractivity contribution in [2.45, 2.75) is 45.6 Å². The Morgan fingerprint density at radius 3 is 2.95 bits per heavy atom. The molecule has 1 N–H and O–H groups in total. The van der Waals surface area contributed by atoms with Gasteiger partial charge in [-0.25, -0.2) is 4.98 Å². The van der Waals surface area contributed by atoms with Crippen molar-refractivity contribution in [1.29, 1.82) is 0 Å². The SMILES string of the molecule is CCC(C)n1c2c(cc(-c3csc(NC)n3)c1=O)CCC2. The second kappa shape index (κ2) is 5.64. The third-order valence-electron chi connectivity index (χ3n) is 4.31. The molecule has 0 saturated heterocycles. The van der Waals surface area contributed by atoms with Crippen molar-refractivity contribution in [3.63, 3.8) is 0 Å². The Labute approximate surface area is 128 Å². The fourth-order valence-corrected chi connectivity index (χ4v) is 3.69. The standard InChI is InChI=1S/C16H21N3OS/c1-4-10(2)19-14-7-5-6-11(14)8-12(15(19)20)13-9-21-16(17-3)18-13/h8-10H,4-7H2,1-3H3,(H,17,18). The minimum Gasteiger partial charge on any atom is -0.365 e. The Kier molecular flexibility index (Phi) is 3.85. The van der Waals surface area contributed by atoms with Gasteiger partial charge in [-0.05, 0) is 44.2 Å². The number of rotatable bonds is 4. The van der Waals surface area contributed by atoms with Crippen LogP contribution < -0.4 is 10.9 Å². The van der Waals surface area contributed by atoms with E-state index in [4.69, 9.17) is 0 Å². The van der Waals surface area contributed by atoms with Crippen LogP contribution in [0, 0.1) is 0 Å².